The smallest absolute Gasteiger partial charge is 0.249 e. The molecule has 0 aliphatic carbocycles. The summed E-state index contributed by atoms with van der Waals surface area (Å²) in [5.41, 5.74) is 0. The van der Waals surface area contributed by atoms with E-state index in [4.69, 9.17) is 9.47 Å². The van der Waals surface area contributed by atoms with Crippen molar-refractivity contribution in [2.24, 2.45) is 0 Å². The average molecular weight is 240 g/mol. The van der Waals surface area contributed by atoms with E-state index in [-0.39, 0.29) is 5.79 Å². The molecule has 0 amide bonds. The van der Waals surface area contributed by atoms with E-state index in [2.05, 4.69) is 13.8 Å². The van der Waals surface area contributed by atoms with Gasteiger partial charge in [-0.3, -0.25) is 0 Å². The van der Waals surface area contributed by atoms with Gasteiger partial charge in [0, 0.05) is 12.8 Å². The molecule has 0 spiro atoms. The molecule has 1 rings (SSSR count). The van der Waals surface area contributed by atoms with E-state index in [1.807, 2.05) is 0 Å². The molecule has 1 aliphatic rings. The van der Waals surface area contributed by atoms with Crippen molar-refractivity contribution < 1.29 is 9.47 Å². The summed E-state index contributed by atoms with van der Waals surface area (Å²) in [6, 6.07) is 0. The molecule has 0 aromatic rings. The number of hydrogen-bond donors (Lipinski definition) is 0. The third-order valence-corrected chi connectivity index (χ3v) is 3.44. The van der Waals surface area contributed by atoms with Gasteiger partial charge in [0.25, 0.3) is 0 Å². The summed E-state index contributed by atoms with van der Waals surface area (Å²) in [6.07, 6.45) is 15.7. The highest BCUT2D eigenvalue weighted by atomic mass is 16.7. The maximum Gasteiger partial charge on any atom is 0.249 e. The lowest BCUT2D eigenvalue weighted by atomic mass is 10.00. The fourth-order valence-corrected chi connectivity index (χ4v) is 2.33. The monoisotopic (exact) mass is 240 g/mol. The van der Waals surface area contributed by atoms with Crippen LogP contribution < -0.4 is 0 Å². The lowest BCUT2D eigenvalue weighted by Crippen LogP contribution is -2.29. The van der Waals surface area contributed by atoms with Crippen molar-refractivity contribution in [1.29, 1.82) is 0 Å². The third kappa shape index (κ3) is 5.47. The van der Waals surface area contributed by atoms with Crippen LogP contribution in [0.2, 0.25) is 0 Å². The van der Waals surface area contributed by atoms with Gasteiger partial charge in [0.2, 0.25) is 5.79 Å². The summed E-state index contributed by atoms with van der Waals surface area (Å²) in [6.45, 7) is 4.48. The van der Waals surface area contributed by atoms with Gasteiger partial charge in [0.05, 0.1) is 0 Å². The van der Waals surface area contributed by atoms with Crippen LogP contribution in [-0.4, -0.2) is 5.79 Å². The Morgan fingerprint density at radius 2 is 1.18 bits per heavy atom. The molecule has 0 aromatic heterocycles. The molecule has 1 aliphatic heterocycles. The van der Waals surface area contributed by atoms with Crippen LogP contribution in [-0.2, 0) is 9.47 Å². The van der Waals surface area contributed by atoms with Gasteiger partial charge in [-0.2, -0.15) is 0 Å². The quantitative estimate of drug-likeness (QED) is 0.492. The second-order valence-corrected chi connectivity index (χ2v) is 5.04. The van der Waals surface area contributed by atoms with Crippen LogP contribution in [0.25, 0.3) is 0 Å². The molecule has 0 saturated heterocycles. The first-order valence-corrected chi connectivity index (χ1v) is 7.33. The van der Waals surface area contributed by atoms with E-state index in [0.29, 0.717) is 0 Å². The summed E-state index contributed by atoms with van der Waals surface area (Å²) in [4.78, 5) is 0. The number of ether oxygens (including phenoxy) is 2. The highest BCUT2D eigenvalue weighted by Crippen LogP contribution is 2.32. The topological polar surface area (TPSA) is 18.5 Å². The van der Waals surface area contributed by atoms with Gasteiger partial charge in [-0.05, 0) is 12.8 Å². The first kappa shape index (κ1) is 14.4. The van der Waals surface area contributed by atoms with Crippen LogP contribution in [0.5, 0.6) is 0 Å². The van der Waals surface area contributed by atoms with Gasteiger partial charge >= 0.3 is 0 Å². The second kappa shape index (κ2) is 8.43. The van der Waals surface area contributed by atoms with Crippen LogP contribution in [0.4, 0.5) is 0 Å². The molecule has 0 saturated carbocycles. The lowest BCUT2D eigenvalue weighted by Gasteiger charge is -2.27. The number of unbranched alkanes of at least 4 members (excludes halogenated alkanes) is 6. The van der Waals surface area contributed by atoms with Gasteiger partial charge in [-0.15, -0.1) is 0 Å². The zero-order valence-electron chi connectivity index (χ0n) is 11.5. The Morgan fingerprint density at radius 1 is 0.706 bits per heavy atom. The normalized spacial score (nSPS) is 16.8. The molecule has 2 heteroatoms. The van der Waals surface area contributed by atoms with Gasteiger partial charge in [0.1, 0.15) is 12.5 Å². The van der Waals surface area contributed by atoms with Crippen LogP contribution in [0.1, 0.15) is 78.1 Å². The summed E-state index contributed by atoms with van der Waals surface area (Å²) < 4.78 is 11.4. The van der Waals surface area contributed by atoms with Crippen molar-refractivity contribution in [3.05, 3.63) is 12.5 Å². The van der Waals surface area contributed by atoms with E-state index in [1.54, 1.807) is 12.5 Å². The molecule has 17 heavy (non-hydrogen) atoms. The molecule has 1 heterocycles. The molecule has 0 N–H and O–H groups in total. The molecule has 0 unspecified atom stereocenters. The predicted octanol–water partition coefficient (Wildman–Crippen LogP) is 5.14. The minimum absolute atomic E-state index is 0.318. The van der Waals surface area contributed by atoms with Crippen LogP contribution >= 0.6 is 0 Å². The Balaban J connectivity index is 2.18. The fourth-order valence-electron chi connectivity index (χ4n) is 2.33. The molecule has 2 nitrogen and oxygen atoms in total. The maximum absolute atomic E-state index is 5.69. The van der Waals surface area contributed by atoms with Gasteiger partial charge in [-0.1, -0.05) is 52.4 Å². The van der Waals surface area contributed by atoms with E-state index >= 15 is 0 Å². The van der Waals surface area contributed by atoms with E-state index in [1.165, 1.54) is 51.4 Å². The van der Waals surface area contributed by atoms with Crippen molar-refractivity contribution in [3.8, 4) is 0 Å². The lowest BCUT2D eigenvalue weighted by molar-refractivity contribution is -0.153. The standard InChI is InChI=1S/C15H28O2/c1-3-5-7-8-10-12-15(11-9-6-4-2)16-13-14-17-15/h13-14H,3-12H2,1-2H3. The predicted molar refractivity (Wildman–Crippen MR) is 71.6 cm³/mol. The van der Waals surface area contributed by atoms with Crippen molar-refractivity contribution in [1.82, 2.24) is 0 Å². The zero-order chi connectivity index (χ0) is 12.4. The highest BCUT2D eigenvalue weighted by Gasteiger charge is 2.34. The van der Waals surface area contributed by atoms with Crippen LogP contribution in [0, 0.1) is 0 Å². The minimum atomic E-state index is -0.318. The Morgan fingerprint density at radius 3 is 1.76 bits per heavy atom. The first-order chi connectivity index (χ1) is 8.33. The van der Waals surface area contributed by atoms with Gasteiger partial charge in [-0.25, -0.2) is 0 Å². The zero-order valence-corrected chi connectivity index (χ0v) is 11.5. The summed E-state index contributed by atoms with van der Waals surface area (Å²) in [5.74, 6) is -0.318. The Bertz CT molecular complexity index is 203. The molecular weight excluding hydrogens is 212 g/mol. The largest absolute Gasteiger partial charge is 0.457 e. The SMILES string of the molecule is CCCCCCCC1(CCCCC)OC=CO1. The van der Waals surface area contributed by atoms with E-state index in [0.717, 1.165) is 12.8 Å². The Kier molecular flexibility index (Phi) is 7.14. The first-order valence-electron chi connectivity index (χ1n) is 7.33. The van der Waals surface area contributed by atoms with Gasteiger partial charge in [0.15, 0.2) is 0 Å². The second-order valence-electron chi connectivity index (χ2n) is 5.04. The summed E-state index contributed by atoms with van der Waals surface area (Å²) in [5, 5.41) is 0. The average Bonchev–Trinajstić information content (AvgIpc) is 2.79. The van der Waals surface area contributed by atoms with Crippen molar-refractivity contribution >= 4 is 0 Å². The summed E-state index contributed by atoms with van der Waals surface area (Å²) >= 11 is 0. The molecule has 0 atom stereocenters. The molecular formula is C15H28O2. The van der Waals surface area contributed by atoms with E-state index < -0.39 is 0 Å². The third-order valence-electron chi connectivity index (χ3n) is 3.44. The Hall–Kier alpha value is -0.660. The van der Waals surface area contributed by atoms with Crippen molar-refractivity contribution in [2.45, 2.75) is 83.8 Å². The molecule has 0 radical (unpaired) electrons. The van der Waals surface area contributed by atoms with E-state index in [9.17, 15) is 0 Å². The Labute approximate surface area is 106 Å². The molecule has 0 fully saturated rings. The highest BCUT2D eigenvalue weighted by molar-refractivity contribution is 4.83. The molecule has 100 valence electrons. The fraction of sp³-hybridized carbons (Fsp3) is 0.867. The summed E-state index contributed by atoms with van der Waals surface area (Å²) in [7, 11) is 0. The van der Waals surface area contributed by atoms with Crippen LogP contribution in [0.15, 0.2) is 12.5 Å². The number of rotatable bonds is 10. The molecule has 0 bridgehead atoms. The maximum atomic E-state index is 5.69. The molecule has 0 aromatic carbocycles. The minimum Gasteiger partial charge on any atom is -0.457 e. The number of hydrogen-bond acceptors (Lipinski definition) is 2. The van der Waals surface area contributed by atoms with Gasteiger partial charge < -0.3 is 9.47 Å². The van der Waals surface area contributed by atoms with Crippen LogP contribution in [0.3, 0.4) is 0 Å². The van der Waals surface area contributed by atoms with Crippen molar-refractivity contribution in [3.63, 3.8) is 0 Å². The van der Waals surface area contributed by atoms with Crippen molar-refractivity contribution in [2.75, 3.05) is 0 Å².